The fourth-order valence-electron chi connectivity index (χ4n) is 2.01. The number of ether oxygens (including phenoxy) is 2. The van der Waals surface area contributed by atoms with Crippen LogP contribution in [0.15, 0.2) is 47.4 Å². The Balaban J connectivity index is 2.39. The molecule has 2 rings (SSSR count). The van der Waals surface area contributed by atoms with Gasteiger partial charge in [0.2, 0.25) is 0 Å². The second kappa shape index (κ2) is 8.27. The summed E-state index contributed by atoms with van der Waals surface area (Å²) in [5.41, 5.74) is -0.145. The van der Waals surface area contributed by atoms with Gasteiger partial charge in [-0.05, 0) is 24.3 Å². The monoisotopic (exact) mass is 445 g/mol. The molecule has 0 spiro atoms. The largest absolute Gasteiger partial charge is 0.508 e. The van der Waals surface area contributed by atoms with E-state index in [0.717, 1.165) is 18.2 Å². The van der Waals surface area contributed by atoms with Crippen molar-refractivity contribution >= 4 is 15.7 Å². The molecule has 0 aromatic heterocycles. The van der Waals surface area contributed by atoms with E-state index in [9.17, 15) is 39.9 Å². The van der Waals surface area contributed by atoms with Gasteiger partial charge in [0, 0.05) is 12.1 Å². The van der Waals surface area contributed by atoms with Gasteiger partial charge in [-0.25, -0.2) is 8.42 Å². The number of sulfonamides is 1. The zero-order valence-corrected chi connectivity index (χ0v) is 15.0. The lowest BCUT2D eigenvalue weighted by Crippen LogP contribution is -2.22. The number of aromatic hydroxyl groups is 1. The summed E-state index contributed by atoms with van der Waals surface area (Å²) >= 11 is 0. The molecule has 0 bridgehead atoms. The van der Waals surface area contributed by atoms with E-state index in [2.05, 4.69) is 9.47 Å². The predicted molar refractivity (Wildman–Crippen MR) is 88.5 cm³/mol. The number of phenols is 1. The first kappa shape index (κ1) is 22.5. The molecule has 2 aromatic rings. The molecular weight excluding hydrogens is 432 g/mol. The maximum atomic E-state index is 12.6. The molecule has 0 amide bonds. The Kier molecular flexibility index (Phi) is 6.40. The number of halogens is 6. The van der Waals surface area contributed by atoms with Crippen LogP contribution in [-0.4, -0.2) is 39.1 Å². The Bertz CT molecular complexity index is 959. The minimum atomic E-state index is -4.79. The van der Waals surface area contributed by atoms with E-state index in [1.165, 1.54) is 18.2 Å². The van der Waals surface area contributed by atoms with Gasteiger partial charge in [0.1, 0.15) is 22.1 Å². The van der Waals surface area contributed by atoms with Crippen LogP contribution in [0, 0.1) is 0 Å². The van der Waals surface area contributed by atoms with Gasteiger partial charge in [-0.2, -0.15) is 26.3 Å². The summed E-state index contributed by atoms with van der Waals surface area (Å²) in [5.74, 6) is -1.62. The van der Waals surface area contributed by atoms with Crippen molar-refractivity contribution in [3.05, 3.63) is 42.5 Å². The summed E-state index contributed by atoms with van der Waals surface area (Å²) in [7, 11) is -4.62. The highest BCUT2D eigenvalue weighted by Gasteiger charge is 2.31. The van der Waals surface area contributed by atoms with E-state index < -0.39 is 52.0 Å². The van der Waals surface area contributed by atoms with E-state index >= 15 is 0 Å². The van der Waals surface area contributed by atoms with E-state index in [4.69, 9.17) is 0 Å². The number of nitrogens with one attached hydrogen (secondary N) is 1. The molecule has 0 atom stereocenters. The third kappa shape index (κ3) is 7.25. The van der Waals surface area contributed by atoms with Crippen molar-refractivity contribution in [1.82, 2.24) is 0 Å². The molecule has 0 aliphatic carbocycles. The molecule has 29 heavy (non-hydrogen) atoms. The maximum Gasteiger partial charge on any atom is 0.422 e. The van der Waals surface area contributed by atoms with Gasteiger partial charge in [0.15, 0.2) is 13.2 Å². The first-order chi connectivity index (χ1) is 13.3. The average Bonchev–Trinajstić information content (AvgIpc) is 2.56. The highest BCUT2D eigenvalue weighted by atomic mass is 32.2. The van der Waals surface area contributed by atoms with Crippen LogP contribution in [-0.2, 0) is 10.0 Å². The number of hydrogen-bond acceptors (Lipinski definition) is 5. The number of alkyl halides is 6. The second-order valence-corrected chi connectivity index (χ2v) is 7.22. The molecule has 0 radical (unpaired) electrons. The van der Waals surface area contributed by atoms with E-state index in [1.807, 2.05) is 4.72 Å². The molecule has 0 unspecified atom stereocenters. The average molecular weight is 445 g/mol. The normalized spacial score (nSPS) is 12.5. The van der Waals surface area contributed by atoms with Gasteiger partial charge in [0.05, 0.1) is 5.69 Å². The number of hydrogen-bond donors (Lipinski definition) is 2. The number of benzene rings is 2. The van der Waals surface area contributed by atoms with Crippen LogP contribution in [0.1, 0.15) is 0 Å². The second-order valence-electron chi connectivity index (χ2n) is 5.57. The van der Waals surface area contributed by atoms with Crippen LogP contribution in [0.4, 0.5) is 32.0 Å². The molecule has 6 nitrogen and oxygen atoms in total. The summed E-state index contributed by atoms with van der Waals surface area (Å²) in [6.07, 6.45) is -9.50. The van der Waals surface area contributed by atoms with Crippen molar-refractivity contribution in [1.29, 1.82) is 0 Å². The smallest absolute Gasteiger partial charge is 0.422 e. The standard InChI is InChI=1S/C16H13F6NO5S/c17-15(18,19)8-27-12-4-5-13(28-9-16(20,21)22)14(7-12)29(25,26)23-10-2-1-3-11(24)6-10/h1-7,23-24H,8-9H2. The fraction of sp³-hybridized carbons (Fsp3) is 0.250. The SMILES string of the molecule is O=S(=O)(Nc1cccc(O)c1)c1cc(OCC(F)(F)F)ccc1OCC(F)(F)F. The van der Waals surface area contributed by atoms with E-state index in [1.54, 1.807) is 0 Å². The number of phenolic OH excluding ortho intramolecular Hbond substituents is 1. The van der Waals surface area contributed by atoms with Gasteiger partial charge >= 0.3 is 12.4 Å². The van der Waals surface area contributed by atoms with Crippen molar-refractivity contribution < 1.29 is 49.3 Å². The van der Waals surface area contributed by atoms with Crippen LogP contribution < -0.4 is 14.2 Å². The quantitative estimate of drug-likeness (QED) is 0.628. The van der Waals surface area contributed by atoms with Crippen molar-refractivity contribution in [3.63, 3.8) is 0 Å². The Labute approximate surface area is 160 Å². The molecule has 0 fully saturated rings. The molecule has 0 aliphatic heterocycles. The molecule has 13 heteroatoms. The summed E-state index contributed by atoms with van der Waals surface area (Å²) in [5, 5.41) is 9.39. The number of rotatable bonds is 7. The maximum absolute atomic E-state index is 12.6. The third-order valence-corrected chi connectivity index (χ3v) is 4.50. The summed E-state index contributed by atoms with van der Waals surface area (Å²) in [6, 6.07) is 6.95. The van der Waals surface area contributed by atoms with Crippen molar-refractivity contribution in [3.8, 4) is 17.2 Å². The van der Waals surface area contributed by atoms with Crippen LogP contribution in [0.5, 0.6) is 17.2 Å². The lowest BCUT2D eigenvalue weighted by molar-refractivity contribution is -0.154. The first-order valence-corrected chi connectivity index (χ1v) is 9.08. The highest BCUT2D eigenvalue weighted by molar-refractivity contribution is 7.92. The zero-order chi connectivity index (χ0) is 21.9. The summed E-state index contributed by atoms with van der Waals surface area (Å²) in [4.78, 5) is -0.884. The molecule has 2 aromatic carbocycles. The molecule has 0 saturated heterocycles. The van der Waals surface area contributed by atoms with E-state index in [0.29, 0.717) is 6.07 Å². The highest BCUT2D eigenvalue weighted by Crippen LogP contribution is 2.32. The topological polar surface area (TPSA) is 84.9 Å². The minimum absolute atomic E-state index is 0.145. The van der Waals surface area contributed by atoms with E-state index in [-0.39, 0.29) is 11.4 Å². The fourth-order valence-corrected chi connectivity index (χ4v) is 3.22. The van der Waals surface area contributed by atoms with Crippen molar-refractivity contribution in [2.75, 3.05) is 17.9 Å². The van der Waals surface area contributed by atoms with Gasteiger partial charge in [-0.1, -0.05) is 6.07 Å². The van der Waals surface area contributed by atoms with Gasteiger partial charge < -0.3 is 14.6 Å². The number of anilines is 1. The van der Waals surface area contributed by atoms with Crippen LogP contribution in [0.3, 0.4) is 0 Å². The Morgan fingerprint density at radius 2 is 1.52 bits per heavy atom. The Morgan fingerprint density at radius 3 is 2.10 bits per heavy atom. The van der Waals surface area contributed by atoms with Crippen molar-refractivity contribution in [2.45, 2.75) is 17.2 Å². The molecule has 2 N–H and O–H groups in total. The molecular formula is C16H13F6NO5S. The summed E-state index contributed by atoms with van der Waals surface area (Å²) < 4.78 is 110. The third-order valence-electron chi connectivity index (χ3n) is 3.10. The summed E-state index contributed by atoms with van der Waals surface area (Å²) in [6.45, 7) is -3.57. The first-order valence-electron chi connectivity index (χ1n) is 7.60. The molecule has 160 valence electrons. The van der Waals surface area contributed by atoms with Gasteiger partial charge in [-0.3, -0.25) is 4.72 Å². The van der Waals surface area contributed by atoms with Crippen LogP contribution in [0.2, 0.25) is 0 Å². The van der Waals surface area contributed by atoms with Crippen molar-refractivity contribution in [2.24, 2.45) is 0 Å². The minimum Gasteiger partial charge on any atom is -0.508 e. The molecule has 0 heterocycles. The van der Waals surface area contributed by atoms with Gasteiger partial charge in [0.25, 0.3) is 10.0 Å². The predicted octanol–water partition coefficient (Wildman–Crippen LogP) is 4.08. The van der Waals surface area contributed by atoms with Crippen LogP contribution in [0.25, 0.3) is 0 Å². The van der Waals surface area contributed by atoms with Gasteiger partial charge in [-0.15, -0.1) is 0 Å². The molecule has 0 saturated carbocycles. The lowest BCUT2D eigenvalue weighted by atomic mass is 10.3. The van der Waals surface area contributed by atoms with Crippen LogP contribution >= 0.6 is 0 Å². The Morgan fingerprint density at radius 1 is 0.897 bits per heavy atom. The lowest BCUT2D eigenvalue weighted by Gasteiger charge is -2.16. The molecule has 0 aliphatic rings. The Hall–Kier alpha value is -2.83. The zero-order valence-electron chi connectivity index (χ0n) is 14.2.